The second kappa shape index (κ2) is 9.02. The minimum Gasteiger partial charge on any atom is -0.372 e. The predicted molar refractivity (Wildman–Crippen MR) is 104 cm³/mol. The number of H-pyrrole nitrogens is 1. The average Bonchev–Trinajstić information content (AvgIpc) is 3.36. The summed E-state index contributed by atoms with van der Waals surface area (Å²) in [6.07, 6.45) is 4.31. The number of nitrogens with zero attached hydrogens (tertiary/aromatic N) is 1. The number of hydrogen-bond donors (Lipinski definition) is 2. The summed E-state index contributed by atoms with van der Waals surface area (Å²) in [6, 6.07) is 0.179. The summed E-state index contributed by atoms with van der Waals surface area (Å²) in [6.45, 7) is 8.82. The summed E-state index contributed by atoms with van der Waals surface area (Å²) in [5.41, 5.74) is 2.64. The Morgan fingerprint density at radius 3 is 2.73 bits per heavy atom. The highest BCUT2D eigenvalue weighted by atomic mass is 35.5. The second-order valence-corrected chi connectivity index (χ2v) is 7.41. The molecule has 1 aromatic heterocycles. The van der Waals surface area contributed by atoms with Crippen molar-refractivity contribution < 1.29 is 9.53 Å². The number of likely N-dealkylation sites (tertiary alicyclic amines) is 1. The molecule has 6 nitrogen and oxygen atoms in total. The fourth-order valence-electron chi connectivity index (χ4n) is 3.83. The van der Waals surface area contributed by atoms with E-state index in [1.165, 1.54) is 12.8 Å². The van der Waals surface area contributed by atoms with Gasteiger partial charge in [0.2, 0.25) is 5.91 Å². The van der Waals surface area contributed by atoms with Crippen molar-refractivity contribution >= 4 is 18.3 Å². The van der Waals surface area contributed by atoms with E-state index in [1.54, 1.807) is 6.20 Å². The molecule has 146 valence electrons. The first-order valence-electron chi connectivity index (χ1n) is 9.26. The molecule has 1 amide bonds. The number of carbonyl (C=O) groups is 1. The molecule has 1 saturated heterocycles. The number of carbonyl (C=O) groups excluding carboxylic acids is 1. The van der Waals surface area contributed by atoms with Crippen molar-refractivity contribution in [3.05, 3.63) is 33.2 Å². The second-order valence-electron chi connectivity index (χ2n) is 7.41. The molecule has 26 heavy (non-hydrogen) atoms. The topological polar surface area (TPSA) is 74.4 Å². The Morgan fingerprint density at radius 2 is 2.08 bits per heavy atom. The van der Waals surface area contributed by atoms with Gasteiger partial charge in [-0.3, -0.25) is 14.5 Å². The molecule has 1 aliphatic carbocycles. The first kappa shape index (κ1) is 20.9. The molecule has 0 radical (unpaired) electrons. The van der Waals surface area contributed by atoms with Gasteiger partial charge in [0.05, 0.1) is 0 Å². The number of halogens is 1. The molecule has 0 spiro atoms. The van der Waals surface area contributed by atoms with Crippen LogP contribution in [0.2, 0.25) is 0 Å². The maximum Gasteiger partial charge on any atom is 0.246 e. The largest absolute Gasteiger partial charge is 0.372 e. The Bertz CT molecular complexity index is 687. The molecule has 0 bridgehead atoms. The van der Waals surface area contributed by atoms with Crippen molar-refractivity contribution in [2.24, 2.45) is 11.8 Å². The van der Waals surface area contributed by atoms with Gasteiger partial charge in [-0.1, -0.05) is 0 Å². The Labute approximate surface area is 161 Å². The molecule has 1 saturated carbocycles. The number of ether oxygens (including phenoxy) is 1. The number of aromatic nitrogens is 1. The molecule has 2 aliphatic rings. The van der Waals surface area contributed by atoms with E-state index in [-0.39, 0.29) is 36.4 Å². The zero-order valence-electron chi connectivity index (χ0n) is 15.8. The number of rotatable bonds is 7. The fourth-order valence-corrected chi connectivity index (χ4v) is 3.83. The van der Waals surface area contributed by atoms with Gasteiger partial charge in [-0.05, 0) is 45.4 Å². The Balaban J connectivity index is 0.00000243. The summed E-state index contributed by atoms with van der Waals surface area (Å²) >= 11 is 0. The third-order valence-corrected chi connectivity index (χ3v) is 5.45. The molecule has 7 heteroatoms. The predicted octanol–water partition coefficient (Wildman–Crippen LogP) is 1.78. The highest BCUT2D eigenvalue weighted by molar-refractivity contribution is 5.85. The van der Waals surface area contributed by atoms with Gasteiger partial charge in [-0.15, -0.1) is 12.4 Å². The Hall–Kier alpha value is -1.37. The highest BCUT2D eigenvalue weighted by Gasteiger charge is 2.43. The highest BCUT2D eigenvalue weighted by Crippen LogP contribution is 2.41. The van der Waals surface area contributed by atoms with Crippen LogP contribution in [-0.2, 0) is 16.1 Å². The maximum atomic E-state index is 12.1. The molecule has 2 heterocycles. The standard InChI is InChI=1S/C19H29N3O3.ClH/c1-4-25-11-18(23)21-17-10-22(8-15(17)14-5-6-14)9-16-13(3)19(24)12(2)7-20-16;/h7,14-15,17H,4-6,8-11H2,1-3H3,(H,20,24)(H,21,23);1H/t15-,17+;/m1./s1. The van der Waals surface area contributed by atoms with Crippen LogP contribution in [0.15, 0.2) is 11.0 Å². The number of pyridine rings is 1. The molecule has 1 aliphatic heterocycles. The fraction of sp³-hybridized carbons (Fsp3) is 0.684. The number of aromatic amines is 1. The van der Waals surface area contributed by atoms with E-state index in [9.17, 15) is 9.59 Å². The van der Waals surface area contributed by atoms with Gasteiger partial charge in [-0.25, -0.2) is 0 Å². The minimum atomic E-state index is -0.0285. The van der Waals surface area contributed by atoms with Gasteiger partial charge in [-0.2, -0.15) is 0 Å². The van der Waals surface area contributed by atoms with E-state index < -0.39 is 0 Å². The average molecular weight is 384 g/mol. The molecule has 3 rings (SSSR count). The lowest BCUT2D eigenvalue weighted by molar-refractivity contribution is -0.126. The number of aryl methyl sites for hydroxylation is 1. The molecular formula is C19H30ClN3O3. The number of hydrogen-bond acceptors (Lipinski definition) is 4. The lowest BCUT2D eigenvalue weighted by Gasteiger charge is -2.19. The van der Waals surface area contributed by atoms with Crippen molar-refractivity contribution in [2.75, 3.05) is 26.3 Å². The lowest BCUT2D eigenvalue weighted by Crippen LogP contribution is -2.42. The van der Waals surface area contributed by atoms with Crippen LogP contribution < -0.4 is 10.7 Å². The van der Waals surface area contributed by atoms with Crippen molar-refractivity contribution in [2.45, 2.75) is 46.2 Å². The van der Waals surface area contributed by atoms with Crippen molar-refractivity contribution in [1.29, 1.82) is 0 Å². The van der Waals surface area contributed by atoms with Crippen LogP contribution in [0, 0.1) is 25.7 Å². The molecule has 0 aromatic carbocycles. The third kappa shape index (κ3) is 4.87. The third-order valence-electron chi connectivity index (χ3n) is 5.45. The van der Waals surface area contributed by atoms with Gasteiger partial charge >= 0.3 is 0 Å². The van der Waals surface area contributed by atoms with Crippen LogP contribution in [0.25, 0.3) is 0 Å². The summed E-state index contributed by atoms with van der Waals surface area (Å²) < 4.78 is 5.21. The minimum absolute atomic E-state index is 0. The molecule has 2 fully saturated rings. The van der Waals surface area contributed by atoms with Crippen LogP contribution in [0.5, 0.6) is 0 Å². The zero-order chi connectivity index (χ0) is 18.0. The maximum absolute atomic E-state index is 12.1. The molecule has 2 N–H and O–H groups in total. The zero-order valence-corrected chi connectivity index (χ0v) is 16.7. The quantitative estimate of drug-likeness (QED) is 0.752. The first-order valence-corrected chi connectivity index (χ1v) is 9.26. The monoisotopic (exact) mass is 383 g/mol. The van der Waals surface area contributed by atoms with Crippen LogP contribution >= 0.6 is 12.4 Å². The van der Waals surface area contributed by atoms with E-state index in [4.69, 9.17) is 4.74 Å². The molecular weight excluding hydrogens is 354 g/mol. The summed E-state index contributed by atoms with van der Waals surface area (Å²) in [4.78, 5) is 29.8. The molecule has 0 unspecified atom stereocenters. The first-order chi connectivity index (χ1) is 12.0. The van der Waals surface area contributed by atoms with Crippen LogP contribution in [0.4, 0.5) is 0 Å². The van der Waals surface area contributed by atoms with Crippen LogP contribution in [0.3, 0.4) is 0 Å². The lowest BCUT2D eigenvalue weighted by atomic mass is 9.98. The van der Waals surface area contributed by atoms with Gasteiger partial charge in [0.25, 0.3) is 0 Å². The van der Waals surface area contributed by atoms with E-state index in [0.29, 0.717) is 12.5 Å². The smallest absolute Gasteiger partial charge is 0.246 e. The summed E-state index contributed by atoms with van der Waals surface area (Å²) in [5.74, 6) is 1.20. The van der Waals surface area contributed by atoms with E-state index >= 15 is 0 Å². The van der Waals surface area contributed by atoms with E-state index in [1.807, 2.05) is 20.8 Å². The summed E-state index contributed by atoms with van der Waals surface area (Å²) in [5, 5.41) is 3.16. The van der Waals surface area contributed by atoms with Crippen LogP contribution in [0.1, 0.15) is 36.6 Å². The van der Waals surface area contributed by atoms with Crippen LogP contribution in [-0.4, -0.2) is 48.1 Å². The SMILES string of the molecule is CCOCC(=O)N[C@H]1CN(Cc2[nH]cc(C)c(=O)c2C)C[C@@H]1C1CC1.Cl. The van der Waals surface area contributed by atoms with E-state index in [0.717, 1.165) is 42.4 Å². The summed E-state index contributed by atoms with van der Waals surface area (Å²) in [7, 11) is 0. The molecule has 2 atom stereocenters. The Kier molecular flexibility index (Phi) is 7.26. The van der Waals surface area contributed by atoms with Gasteiger partial charge < -0.3 is 15.0 Å². The normalized spacial score (nSPS) is 22.9. The number of nitrogens with one attached hydrogen (secondary N) is 2. The molecule has 1 aromatic rings. The van der Waals surface area contributed by atoms with E-state index in [2.05, 4.69) is 15.2 Å². The van der Waals surface area contributed by atoms with Gasteiger partial charge in [0.1, 0.15) is 6.61 Å². The van der Waals surface area contributed by atoms with Crippen molar-refractivity contribution in [1.82, 2.24) is 15.2 Å². The van der Waals surface area contributed by atoms with Gasteiger partial charge in [0, 0.05) is 55.3 Å². The number of amides is 1. The van der Waals surface area contributed by atoms with Gasteiger partial charge in [0.15, 0.2) is 5.43 Å². The Morgan fingerprint density at radius 1 is 1.35 bits per heavy atom. The van der Waals surface area contributed by atoms with Crippen molar-refractivity contribution in [3.63, 3.8) is 0 Å². The van der Waals surface area contributed by atoms with Crippen molar-refractivity contribution in [3.8, 4) is 0 Å².